The number of thiophene rings is 1. The first-order valence-corrected chi connectivity index (χ1v) is 11.0. The topological polar surface area (TPSA) is 66.8 Å². The van der Waals surface area contributed by atoms with Crippen molar-refractivity contribution in [3.8, 4) is 5.75 Å². The Bertz CT molecular complexity index is 1170. The van der Waals surface area contributed by atoms with Gasteiger partial charge in [0.2, 0.25) is 0 Å². The lowest BCUT2D eigenvalue weighted by Crippen LogP contribution is -2.29. The van der Waals surface area contributed by atoms with Gasteiger partial charge < -0.3 is 9.84 Å². The molecule has 7 heteroatoms. The number of amides is 1. The molecule has 1 aromatic heterocycles. The van der Waals surface area contributed by atoms with Crippen LogP contribution in [-0.4, -0.2) is 23.4 Å². The lowest BCUT2D eigenvalue weighted by Gasteiger charge is -2.24. The number of aliphatic hydroxyl groups excluding tert-OH is 1. The highest BCUT2D eigenvalue weighted by molar-refractivity contribution is 7.10. The molecule has 1 atom stereocenters. The Morgan fingerprint density at radius 2 is 1.90 bits per heavy atom. The van der Waals surface area contributed by atoms with Gasteiger partial charge in [-0.2, -0.15) is 0 Å². The first kappa shape index (κ1) is 21.2. The van der Waals surface area contributed by atoms with E-state index < -0.39 is 17.7 Å². The van der Waals surface area contributed by atoms with E-state index in [1.165, 1.54) is 16.2 Å². The summed E-state index contributed by atoms with van der Waals surface area (Å²) in [5.74, 6) is -0.919. The Balaban J connectivity index is 1.87. The molecule has 1 amide bonds. The molecule has 1 N–H and O–H groups in total. The number of aliphatic hydroxyl groups is 1. The zero-order valence-corrected chi connectivity index (χ0v) is 18.5. The number of hydrogen-bond acceptors (Lipinski definition) is 5. The maximum atomic E-state index is 13.1. The fourth-order valence-corrected chi connectivity index (χ4v) is 4.64. The average molecular weight is 454 g/mol. The SMILES string of the molecule is CCOc1ccc(/C(O)=C2/C(=O)C(=O)N(c3ccc(Cl)cc3)C2c2cccs2)cc1C. The van der Waals surface area contributed by atoms with Crippen molar-refractivity contribution in [1.82, 2.24) is 0 Å². The Labute approximate surface area is 189 Å². The number of benzene rings is 2. The molecule has 5 nitrogen and oxygen atoms in total. The number of halogens is 1. The summed E-state index contributed by atoms with van der Waals surface area (Å²) in [6.07, 6.45) is 0. The zero-order valence-electron chi connectivity index (χ0n) is 17.0. The van der Waals surface area contributed by atoms with Crippen LogP contribution in [0.4, 0.5) is 5.69 Å². The minimum absolute atomic E-state index is 0.0611. The average Bonchev–Trinajstić information content (AvgIpc) is 3.37. The van der Waals surface area contributed by atoms with Crippen molar-refractivity contribution in [3.05, 3.63) is 86.6 Å². The summed E-state index contributed by atoms with van der Waals surface area (Å²) in [6.45, 7) is 4.29. The maximum absolute atomic E-state index is 13.1. The van der Waals surface area contributed by atoms with Gasteiger partial charge in [0, 0.05) is 21.2 Å². The van der Waals surface area contributed by atoms with Crippen LogP contribution in [0.3, 0.4) is 0 Å². The third-order valence-corrected chi connectivity index (χ3v) is 6.29. The quantitative estimate of drug-likeness (QED) is 0.304. The number of hydrogen-bond donors (Lipinski definition) is 1. The Kier molecular flexibility index (Phi) is 5.85. The molecular weight excluding hydrogens is 434 g/mol. The van der Waals surface area contributed by atoms with Crippen LogP contribution in [-0.2, 0) is 9.59 Å². The molecule has 0 spiro atoms. The third kappa shape index (κ3) is 3.84. The lowest BCUT2D eigenvalue weighted by molar-refractivity contribution is -0.132. The van der Waals surface area contributed by atoms with Crippen LogP contribution in [0.5, 0.6) is 5.75 Å². The molecule has 1 saturated heterocycles. The standard InChI is InChI=1S/C24H20ClNO4S/c1-3-30-18-11-6-15(13-14(18)2)22(27)20-21(19-5-4-12-31-19)26(24(29)23(20)28)17-9-7-16(25)8-10-17/h4-13,21,27H,3H2,1-2H3/b22-20-. The highest BCUT2D eigenvalue weighted by atomic mass is 35.5. The van der Waals surface area contributed by atoms with Gasteiger partial charge in [-0.1, -0.05) is 17.7 Å². The molecule has 158 valence electrons. The maximum Gasteiger partial charge on any atom is 0.300 e. The van der Waals surface area contributed by atoms with Gasteiger partial charge in [-0.25, -0.2) is 0 Å². The van der Waals surface area contributed by atoms with Gasteiger partial charge in [-0.15, -0.1) is 11.3 Å². The number of aryl methyl sites for hydroxylation is 1. The molecule has 2 heterocycles. The second-order valence-corrected chi connectivity index (χ2v) is 8.49. The second-order valence-electron chi connectivity index (χ2n) is 7.07. The van der Waals surface area contributed by atoms with Crippen LogP contribution < -0.4 is 9.64 Å². The molecule has 0 bridgehead atoms. The largest absolute Gasteiger partial charge is 0.507 e. The smallest absolute Gasteiger partial charge is 0.300 e. The molecule has 4 rings (SSSR count). The lowest BCUT2D eigenvalue weighted by atomic mass is 9.98. The van der Waals surface area contributed by atoms with E-state index in [9.17, 15) is 14.7 Å². The summed E-state index contributed by atoms with van der Waals surface area (Å²) < 4.78 is 5.56. The predicted molar refractivity (Wildman–Crippen MR) is 123 cm³/mol. The number of carbonyl (C=O) groups is 2. The van der Waals surface area contributed by atoms with E-state index in [1.807, 2.05) is 31.4 Å². The normalized spacial score (nSPS) is 17.9. The van der Waals surface area contributed by atoms with E-state index in [1.54, 1.807) is 42.5 Å². The molecule has 1 aliphatic heterocycles. The number of carbonyl (C=O) groups excluding carboxylic acids is 2. The van der Waals surface area contributed by atoms with Gasteiger partial charge >= 0.3 is 0 Å². The van der Waals surface area contributed by atoms with Gasteiger partial charge in [-0.05, 0) is 73.3 Å². The zero-order chi connectivity index (χ0) is 22.1. The summed E-state index contributed by atoms with van der Waals surface area (Å²) in [5.41, 5.74) is 1.87. The monoisotopic (exact) mass is 453 g/mol. The minimum Gasteiger partial charge on any atom is -0.507 e. The number of ketones is 1. The molecule has 2 aromatic carbocycles. The van der Waals surface area contributed by atoms with Gasteiger partial charge in [0.1, 0.15) is 17.6 Å². The summed E-state index contributed by atoms with van der Waals surface area (Å²) in [4.78, 5) is 28.3. The molecule has 3 aromatic rings. The van der Waals surface area contributed by atoms with Gasteiger partial charge in [-0.3, -0.25) is 14.5 Å². The Morgan fingerprint density at radius 1 is 1.16 bits per heavy atom. The van der Waals surface area contributed by atoms with Crippen molar-refractivity contribution >= 4 is 46.1 Å². The van der Waals surface area contributed by atoms with Crippen LogP contribution in [0, 0.1) is 6.92 Å². The summed E-state index contributed by atoms with van der Waals surface area (Å²) in [5, 5.41) is 13.6. The summed E-state index contributed by atoms with van der Waals surface area (Å²) >= 11 is 7.42. The molecule has 0 saturated carbocycles. The number of ether oxygens (including phenoxy) is 1. The van der Waals surface area contributed by atoms with E-state index in [4.69, 9.17) is 16.3 Å². The van der Waals surface area contributed by atoms with E-state index >= 15 is 0 Å². The Morgan fingerprint density at radius 3 is 2.52 bits per heavy atom. The van der Waals surface area contributed by atoms with E-state index in [-0.39, 0.29) is 11.3 Å². The van der Waals surface area contributed by atoms with E-state index in [0.29, 0.717) is 28.6 Å². The highest BCUT2D eigenvalue weighted by Gasteiger charge is 2.47. The van der Waals surface area contributed by atoms with Crippen LogP contribution in [0.1, 0.15) is 29.0 Å². The third-order valence-electron chi connectivity index (χ3n) is 5.11. The van der Waals surface area contributed by atoms with E-state index in [0.717, 1.165) is 10.4 Å². The van der Waals surface area contributed by atoms with Crippen molar-refractivity contribution < 1.29 is 19.4 Å². The van der Waals surface area contributed by atoms with Crippen molar-refractivity contribution in [2.24, 2.45) is 0 Å². The van der Waals surface area contributed by atoms with Crippen LogP contribution in [0.2, 0.25) is 5.02 Å². The van der Waals surface area contributed by atoms with Gasteiger partial charge in [0.15, 0.2) is 0 Å². The number of Topliss-reactive ketones (excluding diaryl/α,β-unsaturated/α-hetero) is 1. The van der Waals surface area contributed by atoms with Crippen molar-refractivity contribution in [2.45, 2.75) is 19.9 Å². The van der Waals surface area contributed by atoms with Gasteiger partial charge in [0.05, 0.1) is 12.2 Å². The molecule has 31 heavy (non-hydrogen) atoms. The molecule has 1 unspecified atom stereocenters. The van der Waals surface area contributed by atoms with Crippen LogP contribution in [0.15, 0.2) is 65.6 Å². The first-order valence-electron chi connectivity index (χ1n) is 9.76. The molecule has 0 aliphatic carbocycles. The van der Waals surface area contributed by atoms with E-state index in [2.05, 4.69) is 0 Å². The van der Waals surface area contributed by atoms with Crippen molar-refractivity contribution in [2.75, 3.05) is 11.5 Å². The number of nitrogens with zero attached hydrogens (tertiary/aromatic N) is 1. The summed E-state index contributed by atoms with van der Waals surface area (Å²) in [6, 6.07) is 14.9. The highest BCUT2D eigenvalue weighted by Crippen LogP contribution is 2.43. The number of rotatable bonds is 5. The fraction of sp³-hybridized carbons (Fsp3) is 0.167. The minimum atomic E-state index is -0.729. The van der Waals surface area contributed by atoms with Crippen molar-refractivity contribution in [3.63, 3.8) is 0 Å². The molecular formula is C24H20ClNO4S. The number of anilines is 1. The van der Waals surface area contributed by atoms with Crippen LogP contribution >= 0.6 is 22.9 Å². The molecule has 1 aliphatic rings. The fourth-order valence-electron chi connectivity index (χ4n) is 3.69. The van der Waals surface area contributed by atoms with Crippen molar-refractivity contribution in [1.29, 1.82) is 0 Å². The molecule has 1 fully saturated rings. The Hall–Kier alpha value is -3.09. The van der Waals surface area contributed by atoms with Gasteiger partial charge in [0.25, 0.3) is 11.7 Å². The van der Waals surface area contributed by atoms with Crippen LogP contribution in [0.25, 0.3) is 5.76 Å². The first-order chi connectivity index (χ1) is 14.9. The second kappa shape index (κ2) is 8.57. The summed E-state index contributed by atoms with van der Waals surface area (Å²) in [7, 11) is 0. The molecule has 0 radical (unpaired) electrons. The predicted octanol–water partition coefficient (Wildman–Crippen LogP) is 5.73.